The predicted octanol–water partition coefficient (Wildman–Crippen LogP) is 1.62. The Morgan fingerprint density at radius 1 is 1.20 bits per heavy atom. The fourth-order valence-electron chi connectivity index (χ4n) is 1.81. The molecule has 0 heterocycles. The summed E-state index contributed by atoms with van der Waals surface area (Å²) in [7, 11) is 0. The molecule has 0 unspecified atom stereocenters. The zero-order chi connectivity index (χ0) is 15.0. The molecule has 0 saturated heterocycles. The van der Waals surface area contributed by atoms with Crippen LogP contribution in [-0.4, -0.2) is 35.7 Å². The molecule has 0 aliphatic rings. The van der Waals surface area contributed by atoms with E-state index in [1.165, 1.54) is 5.56 Å². The summed E-state index contributed by atoms with van der Waals surface area (Å²) in [6.07, 6.45) is 1.66. The molecule has 0 aromatic heterocycles. The third kappa shape index (κ3) is 6.89. The maximum Gasteiger partial charge on any atom is 0.329 e. The third-order valence-corrected chi connectivity index (χ3v) is 2.82. The van der Waals surface area contributed by atoms with Gasteiger partial charge in [-0.1, -0.05) is 30.3 Å². The molecule has 0 radical (unpaired) electrons. The highest BCUT2D eigenvalue weighted by atomic mass is 16.5. The number of hydrogen-bond acceptors (Lipinski definition) is 3. The van der Waals surface area contributed by atoms with Crippen molar-refractivity contribution < 1.29 is 19.4 Å². The topological polar surface area (TPSA) is 75.6 Å². The number of hydrogen-bond donors (Lipinski definition) is 2. The first-order valence-corrected chi connectivity index (χ1v) is 6.53. The number of carbonyl (C=O) groups is 2. The molecule has 5 heteroatoms. The number of aliphatic carboxylic acids is 1. The zero-order valence-electron chi connectivity index (χ0n) is 11.9. The van der Waals surface area contributed by atoms with Crippen molar-refractivity contribution in [3.8, 4) is 0 Å². The van der Waals surface area contributed by atoms with Crippen LogP contribution in [0.2, 0.25) is 0 Å². The molecule has 0 saturated carbocycles. The molecule has 0 atom stereocenters. The Kier molecular flexibility index (Phi) is 6.18. The van der Waals surface area contributed by atoms with Gasteiger partial charge in [-0.3, -0.25) is 4.79 Å². The van der Waals surface area contributed by atoms with Gasteiger partial charge in [0.25, 0.3) is 0 Å². The lowest BCUT2D eigenvalue weighted by molar-refractivity contribution is -0.143. The van der Waals surface area contributed by atoms with Crippen LogP contribution in [0, 0.1) is 0 Å². The van der Waals surface area contributed by atoms with Gasteiger partial charge in [-0.15, -0.1) is 0 Å². The van der Waals surface area contributed by atoms with Gasteiger partial charge in [0.05, 0.1) is 0 Å². The number of aryl methyl sites for hydroxylation is 1. The molecule has 1 rings (SSSR count). The van der Waals surface area contributed by atoms with Crippen LogP contribution in [0.1, 0.15) is 25.8 Å². The van der Waals surface area contributed by atoms with E-state index in [1.807, 2.05) is 44.2 Å². The number of benzene rings is 1. The van der Waals surface area contributed by atoms with Crippen molar-refractivity contribution in [1.29, 1.82) is 0 Å². The first kappa shape index (κ1) is 16.2. The van der Waals surface area contributed by atoms with Gasteiger partial charge in [0.1, 0.15) is 13.2 Å². The maximum absolute atomic E-state index is 11.6. The normalized spacial score (nSPS) is 11.1. The average Bonchev–Trinajstić information content (AvgIpc) is 2.37. The molecule has 1 aromatic rings. The lowest BCUT2D eigenvalue weighted by atomic mass is 9.95. The van der Waals surface area contributed by atoms with Crippen molar-refractivity contribution in [2.45, 2.75) is 32.2 Å². The molecule has 20 heavy (non-hydrogen) atoms. The monoisotopic (exact) mass is 279 g/mol. The number of ether oxygens (including phenoxy) is 1. The Morgan fingerprint density at radius 2 is 1.85 bits per heavy atom. The fraction of sp³-hybridized carbons (Fsp3) is 0.467. The molecule has 1 amide bonds. The fourth-order valence-corrected chi connectivity index (χ4v) is 1.81. The summed E-state index contributed by atoms with van der Waals surface area (Å²) in [6.45, 7) is 3.18. The van der Waals surface area contributed by atoms with Gasteiger partial charge in [-0.05, 0) is 32.3 Å². The van der Waals surface area contributed by atoms with Crippen molar-refractivity contribution in [3.63, 3.8) is 0 Å². The lowest BCUT2D eigenvalue weighted by Crippen LogP contribution is -2.45. The zero-order valence-corrected chi connectivity index (χ0v) is 11.9. The van der Waals surface area contributed by atoms with Gasteiger partial charge in [0.2, 0.25) is 5.91 Å². The summed E-state index contributed by atoms with van der Waals surface area (Å²) in [5.41, 5.74) is 0.858. The van der Waals surface area contributed by atoms with Crippen LogP contribution in [0.25, 0.3) is 0 Å². The molecule has 0 fully saturated rings. The van der Waals surface area contributed by atoms with E-state index in [-0.39, 0.29) is 18.1 Å². The van der Waals surface area contributed by atoms with Crippen LogP contribution >= 0.6 is 0 Å². The second-order valence-corrected chi connectivity index (χ2v) is 5.30. The van der Waals surface area contributed by atoms with Crippen molar-refractivity contribution in [2.75, 3.05) is 13.2 Å². The van der Waals surface area contributed by atoms with E-state index in [4.69, 9.17) is 9.84 Å². The SMILES string of the molecule is CC(C)(CCc1ccccc1)NC(=O)COCC(=O)O. The lowest BCUT2D eigenvalue weighted by Gasteiger charge is -2.26. The van der Waals surface area contributed by atoms with Crippen LogP contribution < -0.4 is 5.32 Å². The Balaban J connectivity index is 2.33. The Labute approximate surface area is 118 Å². The minimum Gasteiger partial charge on any atom is -0.480 e. The molecular weight excluding hydrogens is 258 g/mol. The van der Waals surface area contributed by atoms with Crippen molar-refractivity contribution in [2.24, 2.45) is 0 Å². The Hall–Kier alpha value is -1.88. The maximum atomic E-state index is 11.6. The summed E-state index contributed by atoms with van der Waals surface area (Å²) >= 11 is 0. The quantitative estimate of drug-likeness (QED) is 0.758. The van der Waals surface area contributed by atoms with Gasteiger partial charge in [0.15, 0.2) is 0 Å². The molecular formula is C15H21NO4. The second kappa shape index (κ2) is 7.65. The Bertz CT molecular complexity index is 442. The largest absolute Gasteiger partial charge is 0.480 e. The summed E-state index contributed by atoms with van der Waals surface area (Å²) in [5, 5.41) is 11.3. The summed E-state index contributed by atoms with van der Waals surface area (Å²) < 4.78 is 4.75. The van der Waals surface area contributed by atoms with E-state index < -0.39 is 12.6 Å². The molecule has 0 aliphatic carbocycles. The summed E-state index contributed by atoms with van der Waals surface area (Å²) in [4.78, 5) is 21.9. The summed E-state index contributed by atoms with van der Waals surface area (Å²) in [5.74, 6) is -1.38. The van der Waals surface area contributed by atoms with Gasteiger partial charge in [0, 0.05) is 5.54 Å². The minimum atomic E-state index is -1.08. The van der Waals surface area contributed by atoms with E-state index in [0.717, 1.165) is 12.8 Å². The van der Waals surface area contributed by atoms with E-state index in [2.05, 4.69) is 5.32 Å². The number of carbonyl (C=O) groups excluding carboxylic acids is 1. The first-order chi connectivity index (χ1) is 9.39. The number of rotatable bonds is 8. The van der Waals surface area contributed by atoms with Crippen molar-refractivity contribution in [3.05, 3.63) is 35.9 Å². The molecule has 0 bridgehead atoms. The van der Waals surface area contributed by atoms with E-state index >= 15 is 0 Å². The third-order valence-electron chi connectivity index (χ3n) is 2.82. The predicted molar refractivity (Wildman–Crippen MR) is 75.4 cm³/mol. The number of amides is 1. The molecule has 5 nitrogen and oxygen atoms in total. The van der Waals surface area contributed by atoms with Crippen LogP contribution in [0.15, 0.2) is 30.3 Å². The molecule has 0 spiro atoms. The Morgan fingerprint density at radius 3 is 2.45 bits per heavy atom. The minimum absolute atomic E-state index is 0.235. The van der Waals surface area contributed by atoms with Gasteiger partial charge >= 0.3 is 5.97 Å². The van der Waals surface area contributed by atoms with E-state index in [9.17, 15) is 9.59 Å². The van der Waals surface area contributed by atoms with Crippen molar-refractivity contribution in [1.82, 2.24) is 5.32 Å². The highest BCUT2D eigenvalue weighted by Crippen LogP contribution is 2.13. The van der Waals surface area contributed by atoms with Gasteiger partial charge < -0.3 is 15.2 Å². The second-order valence-electron chi connectivity index (χ2n) is 5.30. The molecule has 1 aromatic carbocycles. The van der Waals surface area contributed by atoms with E-state index in [0.29, 0.717) is 0 Å². The average molecular weight is 279 g/mol. The number of nitrogens with one attached hydrogen (secondary N) is 1. The van der Waals surface area contributed by atoms with Gasteiger partial charge in [-0.25, -0.2) is 4.79 Å². The van der Waals surface area contributed by atoms with Crippen LogP contribution in [0.5, 0.6) is 0 Å². The number of carboxylic acid groups (broad SMARTS) is 1. The molecule has 0 aliphatic heterocycles. The van der Waals surface area contributed by atoms with Gasteiger partial charge in [-0.2, -0.15) is 0 Å². The smallest absolute Gasteiger partial charge is 0.329 e. The standard InChI is InChI=1S/C15H21NO4/c1-15(2,9-8-12-6-4-3-5-7-12)16-13(17)10-20-11-14(18)19/h3-7H,8-11H2,1-2H3,(H,16,17)(H,18,19). The number of carboxylic acids is 1. The van der Waals surface area contributed by atoms with Crippen molar-refractivity contribution >= 4 is 11.9 Å². The summed E-state index contributed by atoms with van der Waals surface area (Å²) in [6, 6.07) is 10.0. The molecule has 2 N–H and O–H groups in total. The van der Waals surface area contributed by atoms with Crippen LogP contribution in [-0.2, 0) is 20.7 Å². The van der Waals surface area contributed by atoms with Crippen LogP contribution in [0.4, 0.5) is 0 Å². The molecule has 110 valence electrons. The van der Waals surface area contributed by atoms with Crippen LogP contribution in [0.3, 0.4) is 0 Å². The highest BCUT2D eigenvalue weighted by Gasteiger charge is 2.20. The highest BCUT2D eigenvalue weighted by molar-refractivity contribution is 5.78. The first-order valence-electron chi connectivity index (χ1n) is 6.53. The van der Waals surface area contributed by atoms with E-state index in [1.54, 1.807) is 0 Å².